The first-order chi connectivity index (χ1) is 13.1. The van der Waals surface area contributed by atoms with Gasteiger partial charge in [0.15, 0.2) is 5.41 Å². The van der Waals surface area contributed by atoms with Gasteiger partial charge in [0, 0.05) is 12.5 Å². The molecule has 0 unspecified atom stereocenters. The lowest BCUT2D eigenvalue weighted by molar-refractivity contribution is -0.174. The van der Waals surface area contributed by atoms with Crippen LogP contribution in [0.4, 0.5) is 0 Å². The standard InChI is InChI=1S/C22H25NO4/c1-23-15-18(14-16-10-6-4-7-11-16)22(20(24)26-2,21(25)27-3)19(23)17-12-8-5-9-13-17/h4-13,18-19H,14-15H2,1-3H3/t18-,19+/m0/s1. The molecule has 1 saturated heterocycles. The third-order valence-corrected chi connectivity index (χ3v) is 5.51. The van der Waals surface area contributed by atoms with Gasteiger partial charge in [-0.1, -0.05) is 60.7 Å². The van der Waals surface area contributed by atoms with Crippen molar-refractivity contribution in [2.75, 3.05) is 27.8 Å². The van der Waals surface area contributed by atoms with Crippen LogP contribution in [0.1, 0.15) is 17.2 Å². The Labute approximate surface area is 159 Å². The molecule has 5 nitrogen and oxygen atoms in total. The minimum Gasteiger partial charge on any atom is -0.468 e. The zero-order valence-corrected chi connectivity index (χ0v) is 15.9. The summed E-state index contributed by atoms with van der Waals surface area (Å²) in [6.07, 6.45) is 0.582. The molecule has 0 amide bonds. The predicted molar refractivity (Wildman–Crippen MR) is 102 cm³/mol. The van der Waals surface area contributed by atoms with E-state index in [2.05, 4.69) is 4.90 Å². The van der Waals surface area contributed by atoms with E-state index in [-0.39, 0.29) is 5.92 Å². The van der Waals surface area contributed by atoms with Gasteiger partial charge in [0.25, 0.3) is 0 Å². The van der Waals surface area contributed by atoms with Gasteiger partial charge in [0.1, 0.15) is 0 Å². The molecular weight excluding hydrogens is 342 g/mol. The number of methoxy groups -OCH3 is 2. The molecule has 2 aromatic carbocycles. The largest absolute Gasteiger partial charge is 0.468 e. The Hall–Kier alpha value is -2.66. The Balaban J connectivity index is 2.14. The molecule has 0 radical (unpaired) electrons. The first kappa shape index (κ1) is 19.1. The number of rotatable bonds is 5. The van der Waals surface area contributed by atoms with E-state index in [9.17, 15) is 9.59 Å². The normalized spacial score (nSPS) is 21.6. The molecule has 1 heterocycles. The summed E-state index contributed by atoms with van der Waals surface area (Å²) in [5.41, 5.74) is 0.545. The van der Waals surface area contributed by atoms with Crippen molar-refractivity contribution >= 4 is 11.9 Å². The lowest BCUT2D eigenvalue weighted by Crippen LogP contribution is -2.49. The molecule has 1 aliphatic rings. The highest BCUT2D eigenvalue weighted by molar-refractivity contribution is 6.02. The van der Waals surface area contributed by atoms with E-state index < -0.39 is 23.4 Å². The molecule has 0 bridgehead atoms. The van der Waals surface area contributed by atoms with Crippen LogP contribution < -0.4 is 0 Å². The van der Waals surface area contributed by atoms with Gasteiger partial charge in [0.2, 0.25) is 0 Å². The molecule has 0 aromatic heterocycles. The van der Waals surface area contributed by atoms with E-state index in [1.807, 2.05) is 67.7 Å². The number of hydrogen-bond donors (Lipinski definition) is 0. The van der Waals surface area contributed by atoms with Crippen molar-refractivity contribution in [2.24, 2.45) is 11.3 Å². The monoisotopic (exact) mass is 367 g/mol. The molecule has 1 aliphatic heterocycles. The number of benzene rings is 2. The minimum atomic E-state index is -1.42. The number of carbonyl (C=O) groups is 2. The maximum absolute atomic E-state index is 13.1. The van der Waals surface area contributed by atoms with E-state index in [0.29, 0.717) is 13.0 Å². The fourth-order valence-electron chi connectivity index (χ4n) is 4.42. The van der Waals surface area contributed by atoms with Gasteiger partial charge in [-0.2, -0.15) is 0 Å². The summed E-state index contributed by atoms with van der Waals surface area (Å²) >= 11 is 0. The van der Waals surface area contributed by atoms with Gasteiger partial charge in [-0.05, 0) is 24.6 Å². The summed E-state index contributed by atoms with van der Waals surface area (Å²) in [6, 6.07) is 19.0. The molecule has 0 saturated carbocycles. The molecule has 1 fully saturated rings. The number of carbonyl (C=O) groups excluding carboxylic acids is 2. The lowest BCUT2D eigenvalue weighted by atomic mass is 9.68. The summed E-state index contributed by atoms with van der Waals surface area (Å²) < 4.78 is 10.3. The average molecular weight is 367 g/mol. The van der Waals surface area contributed by atoms with Gasteiger partial charge in [-0.15, -0.1) is 0 Å². The molecule has 5 heteroatoms. The Morgan fingerprint density at radius 1 is 0.963 bits per heavy atom. The van der Waals surface area contributed by atoms with Crippen molar-refractivity contribution in [3.8, 4) is 0 Å². The quantitative estimate of drug-likeness (QED) is 0.601. The van der Waals surface area contributed by atoms with Crippen molar-refractivity contribution in [2.45, 2.75) is 12.5 Å². The number of esters is 2. The number of ether oxygens (including phenoxy) is 2. The summed E-state index contributed by atoms with van der Waals surface area (Å²) in [5.74, 6) is -1.36. The van der Waals surface area contributed by atoms with E-state index in [0.717, 1.165) is 11.1 Å². The molecule has 2 atom stereocenters. The number of likely N-dealkylation sites (tertiary alicyclic amines) is 1. The van der Waals surface area contributed by atoms with Gasteiger partial charge in [-0.25, -0.2) is 0 Å². The van der Waals surface area contributed by atoms with Crippen molar-refractivity contribution in [1.82, 2.24) is 4.90 Å². The van der Waals surface area contributed by atoms with Gasteiger partial charge in [-0.3, -0.25) is 14.5 Å². The highest BCUT2D eigenvalue weighted by atomic mass is 16.5. The molecule has 0 N–H and O–H groups in total. The smallest absolute Gasteiger partial charge is 0.325 e. The Kier molecular flexibility index (Phi) is 5.61. The minimum absolute atomic E-state index is 0.269. The van der Waals surface area contributed by atoms with Crippen LogP contribution in [0.15, 0.2) is 60.7 Å². The molecule has 0 aliphatic carbocycles. The second kappa shape index (κ2) is 7.92. The Morgan fingerprint density at radius 3 is 2.00 bits per heavy atom. The van der Waals surface area contributed by atoms with E-state index in [1.54, 1.807) is 0 Å². The number of nitrogens with zero attached hydrogens (tertiary/aromatic N) is 1. The second-order valence-electron chi connectivity index (χ2n) is 6.99. The molecule has 3 rings (SSSR count). The van der Waals surface area contributed by atoms with E-state index >= 15 is 0 Å². The summed E-state index contributed by atoms with van der Waals surface area (Å²) in [7, 11) is 4.59. The van der Waals surface area contributed by atoms with Crippen molar-refractivity contribution in [3.05, 3.63) is 71.8 Å². The summed E-state index contributed by atoms with van der Waals surface area (Å²) in [6.45, 7) is 0.582. The highest BCUT2D eigenvalue weighted by Crippen LogP contribution is 2.52. The maximum Gasteiger partial charge on any atom is 0.325 e. The summed E-state index contributed by atoms with van der Waals surface area (Å²) in [5, 5.41) is 0. The van der Waals surface area contributed by atoms with Gasteiger partial charge >= 0.3 is 11.9 Å². The number of hydrogen-bond acceptors (Lipinski definition) is 5. The second-order valence-corrected chi connectivity index (χ2v) is 6.99. The van der Waals surface area contributed by atoms with Crippen LogP contribution in [0.5, 0.6) is 0 Å². The molecule has 0 spiro atoms. The van der Waals surface area contributed by atoms with Crippen molar-refractivity contribution in [3.63, 3.8) is 0 Å². The molecule has 2 aromatic rings. The SMILES string of the molecule is COC(=O)C1(C(=O)OC)[C@@H](Cc2ccccc2)CN(C)[C@@H]1c1ccccc1. The van der Waals surface area contributed by atoms with Crippen LogP contribution in [0.25, 0.3) is 0 Å². The van der Waals surface area contributed by atoms with Gasteiger partial charge in [0.05, 0.1) is 20.3 Å². The predicted octanol–water partition coefficient (Wildman–Crippen LogP) is 2.86. The third kappa shape index (κ3) is 3.23. The van der Waals surface area contributed by atoms with Crippen LogP contribution >= 0.6 is 0 Å². The van der Waals surface area contributed by atoms with Crippen molar-refractivity contribution < 1.29 is 19.1 Å². The maximum atomic E-state index is 13.1. The topological polar surface area (TPSA) is 55.8 Å². The van der Waals surface area contributed by atoms with E-state index in [4.69, 9.17) is 9.47 Å². The third-order valence-electron chi connectivity index (χ3n) is 5.51. The zero-order chi connectivity index (χ0) is 19.4. The van der Waals surface area contributed by atoms with Crippen LogP contribution in [0.3, 0.4) is 0 Å². The fourth-order valence-corrected chi connectivity index (χ4v) is 4.42. The summed E-state index contributed by atoms with van der Waals surface area (Å²) in [4.78, 5) is 28.3. The average Bonchev–Trinajstić information content (AvgIpc) is 3.00. The zero-order valence-electron chi connectivity index (χ0n) is 15.9. The Bertz CT molecular complexity index is 774. The van der Waals surface area contributed by atoms with E-state index in [1.165, 1.54) is 14.2 Å². The highest BCUT2D eigenvalue weighted by Gasteiger charge is 2.65. The molecular formula is C22H25NO4. The van der Waals surface area contributed by atoms with Crippen LogP contribution in [0, 0.1) is 11.3 Å². The van der Waals surface area contributed by atoms with Crippen LogP contribution in [-0.4, -0.2) is 44.7 Å². The van der Waals surface area contributed by atoms with Gasteiger partial charge < -0.3 is 9.47 Å². The first-order valence-corrected chi connectivity index (χ1v) is 9.01. The first-order valence-electron chi connectivity index (χ1n) is 9.01. The lowest BCUT2D eigenvalue weighted by Gasteiger charge is -2.35. The van der Waals surface area contributed by atoms with Crippen molar-refractivity contribution in [1.29, 1.82) is 0 Å². The molecule has 142 valence electrons. The fraction of sp³-hybridized carbons (Fsp3) is 0.364. The van der Waals surface area contributed by atoms with Crippen LogP contribution in [-0.2, 0) is 25.5 Å². The van der Waals surface area contributed by atoms with Crippen LogP contribution in [0.2, 0.25) is 0 Å². The Morgan fingerprint density at radius 2 is 1.48 bits per heavy atom. The molecule has 27 heavy (non-hydrogen) atoms.